The summed E-state index contributed by atoms with van der Waals surface area (Å²) in [6.07, 6.45) is 0.0739. The molecule has 8 heteroatoms. The van der Waals surface area contributed by atoms with E-state index in [1.54, 1.807) is 20.8 Å². The number of ether oxygens (including phenoxy) is 2. The van der Waals surface area contributed by atoms with Crippen molar-refractivity contribution in [3.63, 3.8) is 0 Å². The van der Waals surface area contributed by atoms with Crippen LogP contribution in [0.3, 0.4) is 0 Å². The second kappa shape index (κ2) is 7.50. The fourth-order valence-electron chi connectivity index (χ4n) is 1.92. The second-order valence-corrected chi connectivity index (χ2v) is 6.64. The topological polar surface area (TPSA) is 131 Å². The van der Waals surface area contributed by atoms with Crippen LogP contribution in [-0.2, 0) is 25.5 Å². The molecule has 0 bridgehead atoms. The molecule has 0 aliphatic rings. The summed E-state index contributed by atoms with van der Waals surface area (Å²) < 4.78 is 10.0. The fourth-order valence-corrected chi connectivity index (χ4v) is 1.92. The number of hydrogen-bond donors (Lipinski definition) is 4. The summed E-state index contributed by atoms with van der Waals surface area (Å²) in [6.45, 7) is 6.07. The van der Waals surface area contributed by atoms with E-state index in [1.165, 1.54) is 25.1 Å². The highest BCUT2D eigenvalue weighted by Gasteiger charge is 2.35. The van der Waals surface area contributed by atoms with Crippen molar-refractivity contribution in [3.8, 4) is 11.5 Å². The van der Waals surface area contributed by atoms with Gasteiger partial charge >= 0.3 is 11.9 Å². The zero-order chi connectivity index (χ0) is 18.5. The average molecular weight is 340 g/mol. The van der Waals surface area contributed by atoms with Crippen LogP contribution in [-0.4, -0.2) is 39.9 Å². The lowest BCUT2D eigenvalue weighted by Gasteiger charge is -2.27. The third kappa shape index (κ3) is 5.71. The monoisotopic (exact) mass is 340 g/mol. The van der Waals surface area contributed by atoms with Crippen LogP contribution in [0, 0.1) is 0 Å². The van der Waals surface area contributed by atoms with Crippen LogP contribution in [0.5, 0.6) is 11.5 Å². The molecule has 5 N–H and O–H groups in total. The molecule has 0 aliphatic heterocycles. The molecule has 24 heavy (non-hydrogen) atoms. The van der Waals surface area contributed by atoms with Gasteiger partial charge in [0.1, 0.15) is 11.1 Å². The average Bonchev–Trinajstić information content (AvgIpc) is 2.46. The molecule has 0 spiro atoms. The van der Waals surface area contributed by atoms with E-state index in [9.17, 15) is 19.8 Å². The number of aromatic hydroxyl groups is 2. The van der Waals surface area contributed by atoms with Gasteiger partial charge in [-0.2, -0.15) is 0 Å². The number of hydrazine groups is 1. The van der Waals surface area contributed by atoms with Gasteiger partial charge in [0.2, 0.25) is 0 Å². The zero-order valence-electron chi connectivity index (χ0n) is 14.3. The maximum Gasteiger partial charge on any atom is 0.344 e. The first-order valence-electron chi connectivity index (χ1n) is 7.34. The molecule has 0 heterocycles. The number of carbonyl (C=O) groups excluding carboxylic acids is 2. The van der Waals surface area contributed by atoms with E-state index in [0.29, 0.717) is 5.56 Å². The third-order valence-corrected chi connectivity index (χ3v) is 3.11. The molecule has 1 unspecified atom stereocenters. The van der Waals surface area contributed by atoms with Crippen LogP contribution in [0.25, 0.3) is 0 Å². The predicted molar refractivity (Wildman–Crippen MR) is 86.0 cm³/mol. The maximum absolute atomic E-state index is 12.2. The number of carbonyl (C=O) groups is 2. The van der Waals surface area contributed by atoms with Crippen molar-refractivity contribution in [3.05, 3.63) is 23.8 Å². The second-order valence-electron chi connectivity index (χ2n) is 6.64. The molecule has 1 aromatic rings. The largest absolute Gasteiger partial charge is 0.504 e. The van der Waals surface area contributed by atoms with E-state index in [0.717, 1.165) is 0 Å². The molecular formula is C16H24N2O6. The number of nitrogens with one attached hydrogen (secondary N) is 1. The van der Waals surface area contributed by atoms with Gasteiger partial charge in [-0.25, -0.2) is 15.0 Å². The molecule has 134 valence electrons. The van der Waals surface area contributed by atoms with E-state index in [4.69, 9.17) is 15.3 Å². The van der Waals surface area contributed by atoms with Crippen molar-refractivity contribution >= 4 is 11.9 Å². The van der Waals surface area contributed by atoms with E-state index in [1.807, 2.05) is 0 Å². The SMILES string of the molecule is CC(C)(C)OC(=O)COC(=O)C(C)(Cc1ccc(O)c(O)c1)NN. The zero-order valence-corrected chi connectivity index (χ0v) is 14.3. The minimum Gasteiger partial charge on any atom is -0.504 e. The van der Waals surface area contributed by atoms with Crippen LogP contribution in [0.15, 0.2) is 18.2 Å². The highest BCUT2D eigenvalue weighted by atomic mass is 16.6. The Balaban J connectivity index is 2.73. The van der Waals surface area contributed by atoms with Gasteiger partial charge in [0.05, 0.1) is 0 Å². The summed E-state index contributed by atoms with van der Waals surface area (Å²) in [6, 6.07) is 4.14. The Hall–Kier alpha value is -2.32. The highest BCUT2D eigenvalue weighted by molar-refractivity contribution is 5.83. The Morgan fingerprint density at radius 2 is 1.79 bits per heavy atom. The Morgan fingerprint density at radius 3 is 2.29 bits per heavy atom. The van der Waals surface area contributed by atoms with Crippen molar-refractivity contribution in [1.29, 1.82) is 0 Å². The third-order valence-electron chi connectivity index (χ3n) is 3.11. The smallest absolute Gasteiger partial charge is 0.344 e. The normalized spacial score (nSPS) is 13.9. The van der Waals surface area contributed by atoms with Crippen molar-refractivity contribution < 1.29 is 29.3 Å². The number of nitrogens with two attached hydrogens (primary N) is 1. The summed E-state index contributed by atoms with van der Waals surface area (Å²) in [4.78, 5) is 23.8. The summed E-state index contributed by atoms with van der Waals surface area (Å²) in [5, 5.41) is 18.8. The van der Waals surface area contributed by atoms with Gasteiger partial charge in [-0.05, 0) is 45.4 Å². The number of rotatable bonds is 6. The van der Waals surface area contributed by atoms with Crippen molar-refractivity contribution in [2.75, 3.05) is 6.61 Å². The van der Waals surface area contributed by atoms with E-state index >= 15 is 0 Å². The van der Waals surface area contributed by atoms with Gasteiger partial charge in [-0.3, -0.25) is 5.84 Å². The predicted octanol–water partition coefficient (Wildman–Crippen LogP) is 0.747. The van der Waals surface area contributed by atoms with Crippen LogP contribution in [0.4, 0.5) is 0 Å². The lowest BCUT2D eigenvalue weighted by atomic mass is 9.93. The van der Waals surface area contributed by atoms with Crippen molar-refractivity contribution in [1.82, 2.24) is 5.43 Å². The summed E-state index contributed by atoms with van der Waals surface area (Å²) in [7, 11) is 0. The molecule has 0 radical (unpaired) electrons. The van der Waals surface area contributed by atoms with Gasteiger partial charge in [0.15, 0.2) is 18.1 Å². The molecule has 1 atom stereocenters. The van der Waals surface area contributed by atoms with Crippen molar-refractivity contribution in [2.45, 2.75) is 45.3 Å². The molecule has 0 saturated carbocycles. The Morgan fingerprint density at radius 1 is 1.17 bits per heavy atom. The summed E-state index contributed by atoms with van der Waals surface area (Å²) >= 11 is 0. The molecule has 0 amide bonds. The lowest BCUT2D eigenvalue weighted by molar-refractivity contribution is -0.169. The van der Waals surface area contributed by atoms with Gasteiger partial charge < -0.3 is 19.7 Å². The van der Waals surface area contributed by atoms with E-state index in [2.05, 4.69) is 5.43 Å². The van der Waals surface area contributed by atoms with Crippen molar-refractivity contribution in [2.24, 2.45) is 5.84 Å². The molecule has 0 aliphatic carbocycles. The maximum atomic E-state index is 12.2. The van der Waals surface area contributed by atoms with Gasteiger partial charge in [0, 0.05) is 6.42 Å². The lowest BCUT2D eigenvalue weighted by Crippen LogP contribution is -2.55. The van der Waals surface area contributed by atoms with Crippen LogP contribution < -0.4 is 11.3 Å². The minimum absolute atomic E-state index is 0.0739. The molecule has 0 saturated heterocycles. The summed E-state index contributed by atoms with van der Waals surface area (Å²) in [5.74, 6) is 3.46. The quantitative estimate of drug-likeness (QED) is 0.258. The summed E-state index contributed by atoms with van der Waals surface area (Å²) in [5.41, 5.74) is 0.898. The Labute approximate surface area is 140 Å². The van der Waals surface area contributed by atoms with Crippen LogP contribution in [0.2, 0.25) is 0 Å². The fraction of sp³-hybridized carbons (Fsp3) is 0.500. The first-order valence-corrected chi connectivity index (χ1v) is 7.34. The minimum atomic E-state index is -1.33. The number of hydrogen-bond acceptors (Lipinski definition) is 8. The van der Waals surface area contributed by atoms with Gasteiger partial charge in [0.25, 0.3) is 0 Å². The molecule has 1 aromatic carbocycles. The molecule has 0 aromatic heterocycles. The number of phenols is 2. The number of phenolic OH excluding ortho intramolecular Hbond substituents is 2. The van der Waals surface area contributed by atoms with E-state index in [-0.39, 0.29) is 17.9 Å². The van der Waals surface area contributed by atoms with Gasteiger partial charge in [-0.1, -0.05) is 6.07 Å². The molecule has 1 rings (SSSR count). The first-order chi connectivity index (χ1) is 11.0. The van der Waals surface area contributed by atoms with Crippen LogP contribution >= 0.6 is 0 Å². The Bertz CT molecular complexity index is 611. The number of esters is 2. The number of benzene rings is 1. The molecule has 8 nitrogen and oxygen atoms in total. The molecule has 0 fully saturated rings. The first kappa shape index (κ1) is 19.7. The van der Waals surface area contributed by atoms with Crippen LogP contribution in [0.1, 0.15) is 33.3 Å². The standard InChI is InChI=1S/C16H24N2O6/c1-15(2,3)24-13(21)9-23-14(22)16(4,18-17)8-10-5-6-11(19)12(20)7-10/h5-7,18-20H,8-9,17H2,1-4H3. The Kier molecular flexibility index (Phi) is 6.16. The van der Waals surface area contributed by atoms with E-state index < -0.39 is 29.7 Å². The highest BCUT2D eigenvalue weighted by Crippen LogP contribution is 2.27. The molecular weight excluding hydrogens is 316 g/mol. The van der Waals surface area contributed by atoms with Gasteiger partial charge in [-0.15, -0.1) is 0 Å².